The molecule has 20 heavy (non-hydrogen) atoms. The van der Waals surface area contributed by atoms with Crippen molar-refractivity contribution in [2.24, 2.45) is 0 Å². The van der Waals surface area contributed by atoms with Gasteiger partial charge in [-0.15, -0.1) is 0 Å². The first-order valence-electron chi connectivity index (χ1n) is 6.60. The van der Waals surface area contributed by atoms with Gasteiger partial charge in [0.05, 0.1) is 13.7 Å². The van der Waals surface area contributed by atoms with Gasteiger partial charge < -0.3 is 10.2 Å². The van der Waals surface area contributed by atoms with Crippen LogP contribution in [-0.2, 0) is 0 Å². The molecule has 2 rings (SSSR count). The summed E-state index contributed by atoms with van der Waals surface area (Å²) in [6, 6.07) is 9.73. The zero-order valence-corrected chi connectivity index (χ0v) is 13.5. The van der Waals surface area contributed by atoms with Gasteiger partial charge in [0.2, 0.25) is 0 Å². The van der Waals surface area contributed by atoms with E-state index >= 15 is 0 Å². The van der Waals surface area contributed by atoms with Crippen LogP contribution >= 0.6 is 0 Å². The Balaban J connectivity index is 0.000000200. The Morgan fingerprint density at radius 1 is 1.30 bits per heavy atom. The summed E-state index contributed by atoms with van der Waals surface area (Å²) in [5.74, 6) is 0. The second-order valence-electron chi connectivity index (χ2n) is 6.06. The van der Waals surface area contributed by atoms with Crippen molar-refractivity contribution in [3.05, 3.63) is 41.6 Å². The fraction of sp³-hybridized carbons (Fsp3) is 0.400. The van der Waals surface area contributed by atoms with Crippen molar-refractivity contribution in [2.75, 3.05) is 5.32 Å². The van der Waals surface area contributed by atoms with E-state index in [9.17, 15) is 9.90 Å². The van der Waals surface area contributed by atoms with Crippen molar-refractivity contribution in [1.29, 1.82) is 0 Å². The monoisotopic (exact) mass is 293 g/mol. The number of rotatable bonds is 1. The predicted molar refractivity (Wildman–Crippen MR) is 84.8 cm³/mol. The maximum Gasteiger partial charge on any atom is 0.409 e. The van der Waals surface area contributed by atoms with Gasteiger partial charge in [-0.05, 0) is 32.0 Å². The fourth-order valence-corrected chi connectivity index (χ4v) is 6.10. The van der Waals surface area contributed by atoms with Gasteiger partial charge >= 0.3 is 6.09 Å². The van der Waals surface area contributed by atoms with E-state index in [1.807, 2.05) is 19.9 Å². The molecule has 110 valence electrons. The number of nitrogens with one attached hydrogen (secondary N) is 1. The van der Waals surface area contributed by atoms with Crippen molar-refractivity contribution >= 4 is 19.9 Å². The molecule has 0 saturated carbocycles. The summed E-state index contributed by atoms with van der Waals surface area (Å²) in [7, 11) is -1.15. The van der Waals surface area contributed by atoms with Gasteiger partial charge in [-0.3, -0.25) is 5.32 Å². The zero-order valence-electron chi connectivity index (χ0n) is 12.5. The Bertz CT molecular complexity index is 495. The maximum absolute atomic E-state index is 10.1. The van der Waals surface area contributed by atoms with Crippen LogP contribution < -0.4 is 5.32 Å². The highest BCUT2D eigenvalue weighted by molar-refractivity contribution is 6.83. The van der Waals surface area contributed by atoms with E-state index in [4.69, 9.17) is 5.11 Å². The van der Waals surface area contributed by atoms with Crippen LogP contribution in [0.2, 0.25) is 19.1 Å². The summed E-state index contributed by atoms with van der Waals surface area (Å²) in [6.07, 6.45) is -1.04. The maximum atomic E-state index is 10.1. The van der Waals surface area contributed by atoms with E-state index in [2.05, 4.69) is 24.1 Å². The highest BCUT2D eigenvalue weighted by Crippen LogP contribution is 2.35. The Hall–Kier alpha value is -1.59. The van der Waals surface area contributed by atoms with E-state index in [0.717, 1.165) is 6.04 Å². The number of benzene rings is 1. The van der Waals surface area contributed by atoms with Crippen LogP contribution in [0.3, 0.4) is 0 Å². The first-order chi connectivity index (χ1) is 9.12. The molecule has 1 atom stereocenters. The van der Waals surface area contributed by atoms with Gasteiger partial charge in [0.1, 0.15) is 0 Å². The van der Waals surface area contributed by atoms with Crippen LogP contribution in [0.1, 0.15) is 13.8 Å². The lowest BCUT2D eigenvalue weighted by molar-refractivity contribution is 0.122. The molecule has 0 bridgehead atoms. The molecule has 0 radical (unpaired) electrons. The third-order valence-corrected chi connectivity index (χ3v) is 6.10. The number of hydrogen-bond acceptors (Lipinski definition) is 2. The minimum Gasteiger partial charge on any atom is -0.465 e. The molecule has 1 aliphatic heterocycles. The number of carboxylic acid groups (broad SMARTS) is 1. The van der Waals surface area contributed by atoms with E-state index in [1.54, 1.807) is 24.3 Å². The van der Waals surface area contributed by atoms with Gasteiger partial charge in [0.15, 0.2) is 0 Å². The smallest absolute Gasteiger partial charge is 0.409 e. The zero-order chi connectivity index (χ0) is 15.4. The SMILES string of the molecule is CC1=C[Si](C)(C)CC1(C)O.O=C(O)Nc1ccccc1. The van der Waals surface area contributed by atoms with Crippen molar-refractivity contribution in [3.8, 4) is 0 Å². The van der Waals surface area contributed by atoms with E-state index in [-0.39, 0.29) is 0 Å². The van der Waals surface area contributed by atoms with Crippen molar-refractivity contribution in [1.82, 2.24) is 0 Å². The predicted octanol–water partition coefficient (Wildman–Crippen LogP) is 3.72. The van der Waals surface area contributed by atoms with E-state index in [0.29, 0.717) is 5.69 Å². The normalized spacial score (nSPS) is 23.4. The van der Waals surface area contributed by atoms with Crippen molar-refractivity contribution < 1.29 is 15.0 Å². The number of aliphatic hydroxyl groups is 1. The van der Waals surface area contributed by atoms with Gasteiger partial charge in [-0.2, -0.15) is 0 Å². The molecule has 1 aromatic rings. The number of carbonyl (C=O) groups is 1. The topological polar surface area (TPSA) is 69.6 Å². The standard InChI is InChI=1S/C8H16OSi.C7H7NO2/c1-7-5-10(3,4)6-8(7,2)9;9-7(10)8-6-4-2-1-3-5-6/h5,9H,6H2,1-4H3;1-5,8H,(H,9,10). The van der Waals surface area contributed by atoms with Gasteiger partial charge in [-0.1, -0.05) is 42.6 Å². The number of para-hydroxylation sites is 1. The highest BCUT2D eigenvalue weighted by atomic mass is 28.3. The van der Waals surface area contributed by atoms with Crippen molar-refractivity contribution in [2.45, 2.75) is 38.6 Å². The van der Waals surface area contributed by atoms with Crippen LogP contribution in [0.4, 0.5) is 10.5 Å². The van der Waals surface area contributed by atoms with Crippen LogP contribution in [-0.4, -0.2) is 30.0 Å². The summed E-state index contributed by atoms with van der Waals surface area (Å²) >= 11 is 0. The fourth-order valence-electron chi connectivity index (χ4n) is 2.46. The molecule has 0 aromatic heterocycles. The summed E-state index contributed by atoms with van der Waals surface area (Å²) in [6.45, 7) is 8.53. The molecule has 1 heterocycles. The average Bonchev–Trinajstić information content (AvgIpc) is 2.46. The lowest BCUT2D eigenvalue weighted by atomic mass is 10.0. The van der Waals surface area contributed by atoms with Gasteiger partial charge in [0, 0.05) is 5.69 Å². The average molecular weight is 293 g/mol. The third kappa shape index (κ3) is 5.18. The van der Waals surface area contributed by atoms with Gasteiger partial charge in [0.25, 0.3) is 0 Å². The van der Waals surface area contributed by atoms with E-state index in [1.165, 1.54) is 5.57 Å². The van der Waals surface area contributed by atoms with Crippen molar-refractivity contribution in [3.63, 3.8) is 0 Å². The number of amides is 1. The molecule has 1 amide bonds. The second kappa shape index (κ2) is 6.24. The minimum absolute atomic E-state index is 0.490. The third-order valence-electron chi connectivity index (χ3n) is 3.28. The molecular formula is C15H23NO3Si. The Labute approximate surface area is 121 Å². The summed E-state index contributed by atoms with van der Waals surface area (Å²) in [4.78, 5) is 10.1. The second-order valence-corrected chi connectivity index (χ2v) is 10.7. The number of anilines is 1. The Kier molecular flexibility index (Phi) is 5.13. The molecule has 1 unspecified atom stereocenters. The Morgan fingerprint density at radius 3 is 2.15 bits per heavy atom. The quantitative estimate of drug-likeness (QED) is 0.691. The summed E-state index contributed by atoms with van der Waals surface area (Å²) < 4.78 is 0. The lowest BCUT2D eigenvalue weighted by Gasteiger charge is -2.21. The lowest BCUT2D eigenvalue weighted by Crippen LogP contribution is -2.29. The van der Waals surface area contributed by atoms with E-state index < -0.39 is 19.8 Å². The van der Waals surface area contributed by atoms with Crippen LogP contribution in [0.15, 0.2) is 41.6 Å². The molecular weight excluding hydrogens is 270 g/mol. The van der Waals surface area contributed by atoms with Gasteiger partial charge in [-0.25, -0.2) is 4.79 Å². The number of hydrogen-bond donors (Lipinski definition) is 3. The Morgan fingerprint density at radius 2 is 1.85 bits per heavy atom. The minimum atomic E-state index is -1.15. The van der Waals surface area contributed by atoms with Crippen LogP contribution in [0.25, 0.3) is 0 Å². The summed E-state index contributed by atoms with van der Waals surface area (Å²) in [5, 5.41) is 20.2. The van der Waals surface area contributed by atoms with Crippen LogP contribution in [0.5, 0.6) is 0 Å². The molecule has 0 aliphatic carbocycles. The summed E-state index contributed by atoms with van der Waals surface area (Å²) in [5.41, 5.74) is 3.57. The molecule has 4 nitrogen and oxygen atoms in total. The highest BCUT2D eigenvalue weighted by Gasteiger charge is 2.38. The molecule has 1 aliphatic rings. The largest absolute Gasteiger partial charge is 0.465 e. The molecule has 0 fully saturated rings. The molecule has 1 aromatic carbocycles. The molecule has 0 saturated heterocycles. The molecule has 3 N–H and O–H groups in total. The van der Waals surface area contributed by atoms with Crippen LogP contribution in [0, 0.1) is 0 Å². The first-order valence-corrected chi connectivity index (χ1v) is 9.88. The molecule has 5 heteroatoms. The molecule has 0 spiro atoms. The first kappa shape index (κ1) is 16.5.